The number of piperidine rings is 1. The van der Waals surface area contributed by atoms with Gasteiger partial charge in [-0.3, -0.25) is 4.79 Å². The molecule has 1 aliphatic heterocycles. The van der Waals surface area contributed by atoms with Gasteiger partial charge >= 0.3 is 0 Å². The summed E-state index contributed by atoms with van der Waals surface area (Å²) in [6.07, 6.45) is 3.28. The van der Waals surface area contributed by atoms with Crippen LogP contribution in [0.15, 0.2) is 29.2 Å². The number of aromatic amines is 1. The summed E-state index contributed by atoms with van der Waals surface area (Å²) in [5.74, 6) is 0.769. The van der Waals surface area contributed by atoms with Gasteiger partial charge in [0.1, 0.15) is 5.02 Å². The van der Waals surface area contributed by atoms with Gasteiger partial charge in [-0.15, -0.1) is 0 Å². The average Bonchev–Trinajstić information content (AvgIpc) is 3.19. The van der Waals surface area contributed by atoms with Crippen molar-refractivity contribution in [3.05, 3.63) is 56.5 Å². The van der Waals surface area contributed by atoms with E-state index in [1.807, 2.05) is 13.1 Å². The Morgan fingerprint density at radius 2 is 1.94 bits per heavy atom. The van der Waals surface area contributed by atoms with E-state index >= 15 is 0 Å². The summed E-state index contributed by atoms with van der Waals surface area (Å²) in [5.41, 5.74) is 6.27. The maximum atomic E-state index is 12.3. The molecule has 1 aliphatic rings. The fraction of sp³-hybridized carbons (Fsp3) is 0.500. The molecule has 1 atom stereocenters. The van der Waals surface area contributed by atoms with Crippen molar-refractivity contribution in [3.63, 3.8) is 0 Å². The zero-order valence-electron chi connectivity index (χ0n) is 19.9. The molecule has 0 radical (unpaired) electrons. The van der Waals surface area contributed by atoms with E-state index in [9.17, 15) is 9.90 Å². The van der Waals surface area contributed by atoms with Crippen molar-refractivity contribution in [1.82, 2.24) is 14.5 Å². The van der Waals surface area contributed by atoms with Crippen molar-refractivity contribution in [3.8, 4) is 11.3 Å². The monoisotopic (exact) mass is 471 g/mol. The van der Waals surface area contributed by atoms with Crippen LogP contribution in [0.4, 0.5) is 0 Å². The molecule has 0 amide bonds. The van der Waals surface area contributed by atoms with Crippen molar-refractivity contribution in [2.75, 3.05) is 26.2 Å². The highest BCUT2D eigenvalue weighted by Gasteiger charge is 2.24. The molecule has 0 bridgehead atoms. The Bertz CT molecular complexity index is 1210. The summed E-state index contributed by atoms with van der Waals surface area (Å²) in [4.78, 5) is 18.1. The quantitative estimate of drug-likeness (QED) is 0.504. The van der Waals surface area contributed by atoms with Crippen LogP contribution in [0.1, 0.15) is 55.2 Å². The van der Waals surface area contributed by atoms with Gasteiger partial charge in [0.2, 0.25) is 0 Å². The molecule has 3 N–H and O–H groups in total. The molecule has 178 valence electrons. The van der Waals surface area contributed by atoms with Gasteiger partial charge in [-0.2, -0.15) is 0 Å². The number of hydrogen-bond donors (Lipinski definition) is 3. The lowest BCUT2D eigenvalue weighted by molar-refractivity contribution is 0.0513. The fourth-order valence-electron chi connectivity index (χ4n) is 5.14. The van der Waals surface area contributed by atoms with Crippen molar-refractivity contribution >= 4 is 22.5 Å². The van der Waals surface area contributed by atoms with E-state index in [-0.39, 0.29) is 17.2 Å². The third-order valence-electron chi connectivity index (χ3n) is 7.01. The molecule has 0 aliphatic carbocycles. The van der Waals surface area contributed by atoms with Crippen LogP contribution in [-0.2, 0) is 7.05 Å². The molecule has 2 aromatic heterocycles. The Balaban J connectivity index is 1.70. The molecular formula is C26H34ClN3O3. The average molecular weight is 472 g/mol. The third kappa shape index (κ3) is 4.62. The number of hydrogen-bond acceptors (Lipinski definition) is 4. The summed E-state index contributed by atoms with van der Waals surface area (Å²) in [6.45, 7) is 8.48. The second-order valence-electron chi connectivity index (χ2n) is 9.68. The third-order valence-corrected chi connectivity index (χ3v) is 7.46. The number of H-pyrrole nitrogens is 1. The standard InChI is InChI=1S/C26H34ClN3O3/c1-15(2)23-20-11-18(17-7-9-30(10-8-17)12-19(32)14-31)5-6-22(20)28-25(23)21-13-29(4)26(33)24(27)16(21)3/h5-6,11,13,15,17,19,28,31-32H,7-10,12,14H2,1-4H3. The van der Waals surface area contributed by atoms with Gasteiger partial charge < -0.3 is 24.7 Å². The van der Waals surface area contributed by atoms with E-state index in [0.717, 1.165) is 48.3 Å². The molecule has 1 saturated heterocycles. The van der Waals surface area contributed by atoms with E-state index in [0.29, 0.717) is 18.4 Å². The highest BCUT2D eigenvalue weighted by Crippen LogP contribution is 2.39. The smallest absolute Gasteiger partial charge is 0.269 e. The number of likely N-dealkylation sites (tertiary alicyclic amines) is 1. The Hall–Kier alpha value is -2.12. The number of aliphatic hydroxyl groups is 2. The van der Waals surface area contributed by atoms with Crippen LogP contribution in [0.3, 0.4) is 0 Å². The van der Waals surface area contributed by atoms with Crippen molar-refractivity contribution in [1.29, 1.82) is 0 Å². The summed E-state index contributed by atoms with van der Waals surface area (Å²) < 4.78 is 1.55. The molecular weight excluding hydrogens is 438 g/mol. The minimum Gasteiger partial charge on any atom is -0.394 e. The number of halogens is 1. The SMILES string of the molecule is Cc1c(-c2[nH]c3ccc(C4CCN(CC(O)CO)CC4)cc3c2C(C)C)cn(C)c(=O)c1Cl. The van der Waals surface area contributed by atoms with Gasteiger partial charge in [-0.25, -0.2) is 0 Å². The van der Waals surface area contributed by atoms with E-state index < -0.39 is 6.10 Å². The summed E-state index contributed by atoms with van der Waals surface area (Å²) in [5, 5.41) is 20.3. The van der Waals surface area contributed by atoms with Crippen molar-refractivity contribution < 1.29 is 10.2 Å². The number of benzene rings is 1. The molecule has 0 spiro atoms. The highest BCUT2D eigenvalue weighted by atomic mass is 35.5. The van der Waals surface area contributed by atoms with E-state index in [4.69, 9.17) is 16.7 Å². The molecule has 1 unspecified atom stereocenters. The van der Waals surface area contributed by atoms with Gasteiger partial charge in [0.15, 0.2) is 0 Å². The number of β-amino-alcohol motifs (C(OH)–C–C–N with tert-alkyl or cyclic N) is 1. The lowest BCUT2D eigenvalue weighted by Crippen LogP contribution is -2.39. The van der Waals surface area contributed by atoms with Gasteiger partial charge in [0, 0.05) is 36.3 Å². The van der Waals surface area contributed by atoms with Crippen LogP contribution in [0.5, 0.6) is 0 Å². The first-order valence-electron chi connectivity index (χ1n) is 11.7. The molecule has 1 aromatic carbocycles. The highest BCUT2D eigenvalue weighted by molar-refractivity contribution is 6.31. The number of aromatic nitrogens is 2. The number of rotatable bonds is 6. The molecule has 4 rings (SSSR count). The number of aryl methyl sites for hydroxylation is 1. The van der Waals surface area contributed by atoms with Gasteiger partial charge in [0.05, 0.1) is 18.4 Å². The molecule has 6 nitrogen and oxygen atoms in total. The van der Waals surface area contributed by atoms with E-state index in [1.165, 1.54) is 16.5 Å². The second-order valence-corrected chi connectivity index (χ2v) is 10.1. The number of nitrogens with zero attached hydrogens (tertiary/aromatic N) is 2. The maximum absolute atomic E-state index is 12.3. The zero-order chi connectivity index (χ0) is 23.9. The minimum absolute atomic E-state index is 0.180. The normalized spacial score (nSPS) is 16.7. The molecule has 0 saturated carbocycles. The first-order valence-corrected chi connectivity index (χ1v) is 12.1. The first kappa shape index (κ1) is 24.0. The van der Waals surface area contributed by atoms with Crippen LogP contribution in [-0.4, -0.2) is 57.0 Å². The van der Waals surface area contributed by atoms with E-state index in [2.05, 4.69) is 41.9 Å². The fourth-order valence-corrected chi connectivity index (χ4v) is 5.37. The van der Waals surface area contributed by atoms with Crippen LogP contribution in [0.25, 0.3) is 22.2 Å². The Kier molecular flexibility index (Phi) is 7.01. The number of fused-ring (bicyclic) bond motifs is 1. The molecule has 7 heteroatoms. The Morgan fingerprint density at radius 1 is 1.24 bits per heavy atom. The van der Waals surface area contributed by atoms with Crippen molar-refractivity contribution in [2.24, 2.45) is 7.05 Å². The molecule has 3 heterocycles. The lowest BCUT2D eigenvalue weighted by atomic mass is 9.87. The Labute approximate surface area is 199 Å². The number of pyridine rings is 1. The number of aliphatic hydroxyl groups excluding tert-OH is 2. The van der Waals surface area contributed by atoms with E-state index in [1.54, 1.807) is 11.6 Å². The molecule has 3 aromatic rings. The van der Waals surface area contributed by atoms with Crippen molar-refractivity contribution in [2.45, 2.75) is 51.6 Å². The minimum atomic E-state index is -0.667. The topological polar surface area (TPSA) is 81.5 Å². The largest absolute Gasteiger partial charge is 0.394 e. The first-order chi connectivity index (χ1) is 15.7. The van der Waals surface area contributed by atoms with Gasteiger partial charge in [-0.1, -0.05) is 31.5 Å². The predicted octanol–water partition coefficient (Wildman–Crippen LogP) is 4.15. The van der Waals surface area contributed by atoms with Gasteiger partial charge in [-0.05, 0) is 73.5 Å². The van der Waals surface area contributed by atoms with Crippen LogP contribution < -0.4 is 5.56 Å². The van der Waals surface area contributed by atoms with Gasteiger partial charge in [0.25, 0.3) is 5.56 Å². The number of nitrogens with one attached hydrogen (secondary N) is 1. The summed E-state index contributed by atoms with van der Waals surface area (Å²) in [7, 11) is 1.73. The Morgan fingerprint density at radius 3 is 2.58 bits per heavy atom. The lowest BCUT2D eigenvalue weighted by Gasteiger charge is -2.33. The summed E-state index contributed by atoms with van der Waals surface area (Å²) >= 11 is 6.37. The second kappa shape index (κ2) is 9.63. The maximum Gasteiger partial charge on any atom is 0.269 e. The molecule has 33 heavy (non-hydrogen) atoms. The van der Waals surface area contributed by atoms with Crippen LogP contribution >= 0.6 is 11.6 Å². The van der Waals surface area contributed by atoms with Crippen LogP contribution in [0.2, 0.25) is 5.02 Å². The van der Waals surface area contributed by atoms with Crippen LogP contribution in [0, 0.1) is 6.92 Å². The molecule has 1 fully saturated rings. The zero-order valence-corrected chi connectivity index (χ0v) is 20.6. The predicted molar refractivity (Wildman–Crippen MR) is 134 cm³/mol. The summed E-state index contributed by atoms with van der Waals surface area (Å²) in [6, 6.07) is 6.71.